The zero-order valence-electron chi connectivity index (χ0n) is 31.6. The van der Waals surface area contributed by atoms with Crippen molar-refractivity contribution in [1.29, 1.82) is 0 Å². The molecule has 13 heteroatoms. The topological polar surface area (TPSA) is 219 Å². The molecule has 0 aromatic heterocycles. The van der Waals surface area contributed by atoms with Crippen LogP contribution >= 0.6 is 0 Å². The molecule has 0 aromatic carbocycles. The molecule has 21 atom stereocenters. The van der Waals surface area contributed by atoms with Gasteiger partial charge in [0, 0.05) is 11.8 Å². The molecule has 5 fully saturated rings. The van der Waals surface area contributed by atoms with Crippen molar-refractivity contribution in [2.45, 2.75) is 179 Å². The molecule has 2 heterocycles. The highest BCUT2D eigenvalue weighted by atomic mass is 16.7. The van der Waals surface area contributed by atoms with E-state index < -0.39 is 97.8 Å². The second-order valence-electron chi connectivity index (χ2n) is 18.1. The fourth-order valence-corrected chi connectivity index (χ4v) is 11.6. The number of aliphatic hydroxyl groups excluding tert-OH is 9. The molecule has 13 nitrogen and oxygen atoms in total. The SMILES string of the molecule is CC(C)CC[C@H](O)[C@@H](C)[C@H]1[C@H](O[C@H]2O[C@@H](CO)[C@H](O)[C@@H](O)[C@@H]2O)C[C@H]2[C@H]3CC=C4C[C@H](O)C[C@H](O[C@H]5O[C@@H](C)[C@H](O)[C@@H](O)[C@@H]5O)[C@]4(C)[C@@H]3CC[C@@]12C. The summed E-state index contributed by atoms with van der Waals surface area (Å²) < 4.78 is 24.9. The fraction of sp³-hybridized carbons (Fsp3) is 0.949. The van der Waals surface area contributed by atoms with E-state index >= 15 is 0 Å². The number of fused-ring (bicyclic) bond motifs is 5. The molecule has 6 rings (SSSR count). The van der Waals surface area contributed by atoms with Crippen molar-refractivity contribution in [2.24, 2.45) is 46.3 Å². The Morgan fingerprint density at radius 3 is 2.13 bits per heavy atom. The highest BCUT2D eigenvalue weighted by Gasteiger charge is 2.65. The number of allylic oxidation sites excluding steroid dienone is 1. The van der Waals surface area contributed by atoms with Crippen molar-refractivity contribution < 1.29 is 64.9 Å². The maximum absolute atomic E-state index is 11.6. The number of hydrogen-bond donors (Lipinski definition) is 9. The van der Waals surface area contributed by atoms with Crippen LogP contribution in [0.4, 0.5) is 0 Å². The van der Waals surface area contributed by atoms with Crippen molar-refractivity contribution in [3.8, 4) is 0 Å². The number of hydrogen-bond acceptors (Lipinski definition) is 13. The van der Waals surface area contributed by atoms with Crippen LogP contribution in [0, 0.1) is 46.3 Å². The Labute approximate surface area is 307 Å². The predicted octanol–water partition coefficient (Wildman–Crippen LogP) is 0.977. The molecule has 0 unspecified atom stereocenters. The Hall–Kier alpha value is -0.780. The van der Waals surface area contributed by atoms with Crippen LogP contribution in [-0.2, 0) is 18.9 Å². The van der Waals surface area contributed by atoms with Crippen LogP contribution in [0.25, 0.3) is 0 Å². The average Bonchev–Trinajstić information content (AvgIpc) is 3.40. The number of ether oxygens (including phenoxy) is 4. The fourth-order valence-electron chi connectivity index (χ4n) is 11.6. The first kappa shape index (κ1) is 40.9. The third kappa shape index (κ3) is 7.07. The summed E-state index contributed by atoms with van der Waals surface area (Å²) in [4.78, 5) is 0. The van der Waals surface area contributed by atoms with E-state index in [0.29, 0.717) is 31.6 Å². The van der Waals surface area contributed by atoms with Crippen molar-refractivity contribution in [2.75, 3.05) is 6.61 Å². The largest absolute Gasteiger partial charge is 0.394 e. The summed E-state index contributed by atoms with van der Waals surface area (Å²) in [6, 6.07) is 0. The van der Waals surface area contributed by atoms with Crippen molar-refractivity contribution in [3.63, 3.8) is 0 Å². The first-order valence-corrected chi connectivity index (χ1v) is 19.8. The van der Waals surface area contributed by atoms with E-state index in [9.17, 15) is 46.0 Å². The van der Waals surface area contributed by atoms with E-state index in [1.165, 1.54) is 0 Å². The maximum Gasteiger partial charge on any atom is 0.186 e. The van der Waals surface area contributed by atoms with E-state index in [-0.39, 0.29) is 35.0 Å². The van der Waals surface area contributed by atoms with Gasteiger partial charge in [-0.05, 0) is 92.8 Å². The standard InChI is InChI=1S/C39H66O13/c1-17(2)7-10-25(42)18(3)29-26(50-37-35(48)33(46)31(44)27(16-40)51-37)15-24-22-9-8-20-13-21(41)14-28(39(20,6)23(22)11-12-38(24,29)5)52-36-34(47)32(45)30(43)19(4)49-36/h8,17-19,21-37,40-48H,7,9-16H2,1-6H3/t18-,19+,21+,22+,23-,24+,25+,26-,27+,28+,29+,30+,31+,32-,33-,34+,35+,36-,37+,38-,39+/m1/s1. The third-order valence-corrected chi connectivity index (χ3v) is 14.7. The summed E-state index contributed by atoms with van der Waals surface area (Å²) in [5.74, 6) is 0.552. The number of rotatable bonds is 10. The molecule has 6 aliphatic rings. The van der Waals surface area contributed by atoms with Gasteiger partial charge in [0.1, 0.15) is 42.7 Å². The third-order valence-electron chi connectivity index (χ3n) is 14.7. The Morgan fingerprint density at radius 2 is 1.48 bits per heavy atom. The second kappa shape index (κ2) is 15.6. The van der Waals surface area contributed by atoms with Gasteiger partial charge in [-0.15, -0.1) is 0 Å². The maximum atomic E-state index is 11.6. The van der Waals surface area contributed by atoms with Crippen molar-refractivity contribution >= 4 is 0 Å². The lowest BCUT2D eigenvalue weighted by Crippen LogP contribution is -2.61. The van der Waals surface area contributed by atoms with Crippen LogP contribution < -0.4 is 0 Å². The lowest BCUT2D eigenvalue weighted by atomic mass is 9.46. The Balaban J connectivity index is 1.31. The van der Waals surface area contributed by atoms with Gasteiger partial charge in [0.2, 0.25) is 0 Å². The van der Waals surface area contributed by atoms with Crippen LogP contribution in [-0.4, -0.2) is 138 Å². The van der Waals surface area contributed by atoms with Crippen LogP contribution in [0.15, 0.2) is 11.6 Å². The molecule has 300 valence electrons. The van der Waals surface area contributed by atoms with Gasteiger partial charge in [0.15, 0.2) is 12.6 Å². The molecule has 0 spiro atoms. The molecular weight excluding hydrogens is 676 g/mol. The highest BCUT2D eigenvalue weighted by molar-refractivity contribution is 5.28. The van der Waals surface area contributed by atoms with Crippen LogP contribution in [0.3, 0.4) is 0 Å². The monoisotopic (exact) mass is 742 g/mol. The van der Waals surface area contributed by atoms with E-state index in [4.69, 9.17) is 18.9 Å². The molecule has 52 heavy (non-hydrogen) atoms. The van der Waals surface area contributed by atoms with Gasteiger partial charge < -0.3 is 64.9 Å². The van der Waals surface area contributed by atoms with E-state index in [1.54, 1.807) is 6.92 Å². The molecule has 0 radical (unpaired) electrons. The Kier molecular flexibility index (Phi) is 12.3. The van der Waals surface area contributed by atoms with Gasteiger partial charge in [-0.3, -0.25) is 0 Å². The van der Waals surface area contributed by atoms with Gasteiger partial charge >= 0.3 is 0 Å². The molecule has 0 aromatic rings. The smallest absolute Gasteiger partial charge is 0.186 e. The molecule has 0 bridgehead atoms. The van der Waals surface area contributed by atoms with Gasteiger partial charge in [0.25, 0.3) is 0 Å². The molecule has 9 N–H and O–H groups in total. The van der Waals surface area contributed by atoms with Crippen LogP contribution in [0.2, 0.25) is 0 Å². The first-order chi connectivity index (χ1) is 24.4. The van der Waals surface area contributed by atoms with Gasteiger partial charge in [-0.1, -0.05) is 46.3 Å². The van der Waals surface area contributed by atoms with Crippen molar-refractivity contribution in [3.05, 3.63) is 11.6 Å². The van der Waals surface area contributed by atoms with Crippen LogP contribution in [0.5, 0.6) is 0 Å². The minimum Gasteiger partial charge on any atom is -0.394 e. The molecule has 0 amide bonds. The summed E-state index contributed by atoms with van der Waals surface area (Å²) in [6.45, 7) is 11.9. The zero-order valence-corrected chi connectivity index (χ0v) is 31.6. The summed E-state index contributed by atoms with van der Waals surface area (Å²) in [5, 5.41) is 96.3. The number of aliphatic hydroxyl groups is 9. The second-order valence-corrected chi connectivity index (χ2v) is 18.1. The minimum absolute atomic E-state index is 0.126. The zero-order chi connectivity index (χ0) is 38.0. The minimum atomic E-state index is -1.56. The summed E-state index contributed by atoms with van der Waals surface area (Å²) >= 11 is 0. The summed E-state index contributed by atoms with van der Waals surface area (Å²) in [6.07, 6.45) is -7.68. The Morgan fingerprint density at radius 1 is 0.827 bits per heavy atom. The molecule has 3 saturated carbocycles. The normalized spacial score (nSPS) is 52.0. The lowest BCUT2D eigenvalue weighted by molar-refractivity contribution is -0.318. The molecular formula is C39H66O13. The summed E-state index contributed by atoms with van der Waals surface area (Å²) in [5.41, 5.74) is 0.314. The predicted molar refractivity (Wildman–Crippen MR) is 187 cm³/mol. The molecule has 2 aliphatic heterocycles. The Bertz CT molecular complexity index is 1250. The molecule has 4 aliphatic carbocycles. The van der Waals surface area contributed by atoms with Crippen LogP contribution in [0.1, 0.15) is 92.9 Å². The van der Waals surface area contributed by atoms with E-state index in [1.807, 2.05) is 0 Å². The first-order valence-electron chi connectivity index (χ1n) is 19.8. The molecule has 2 saturated heterocycles. The van der Waals surface area contributed by atoms with Gasteiger partial charge in [-0.2, -0.15) is 0 Å². The van der Waals surface area contributed by atoms with Gasteiger partial charge in [-0.25, -0.2) is 0 Å². The average molecular weight is 743 g/mol. The van der Waals surface area contributed by atoms with Crippen molar-refractivity contribution in [1.82, 2.24) is 0 Å². The van der Waals surface area contributed by atoms with E-state index in [0.717, 1.165) is 31.3 Å². The van der Waals surface area contributed by atoms with E-state index in [2.05, 4.69) is 40.7 Å². The van der Waals surface area contributed by atoms with Gasteiger partial charge in [0.05, 0.1) is 37.1 Å². The lowest BCUT2D eigenvalue weighted by Gasteiger charge is -2.60. The summed E-state index contributed by atoms with van der Waals surface area (Å²) in [7, 11) is 0. The highest BCUT2D eigenvalue weighted by Crippen LogP contribution is 2.68. The quantitative estimate of drug-likeness (QED) is 0.143.